The van der Waals surface area contributed by atoms with Crippen molar-refractivity contribution in [2.24, 2.45) is 0 Å². The minimum atomic E-state index is -0.780. The second-order valence-electron chi connectivity index (χ2n) is 5.86. The van der Waals surface area contributed by atoms with Crippen LogP contribution in [0.15, 0.2) is 67.0 Å². The summed E-state index contributed by atoms with van der Waals surface area (Å²) < 4.78 is 10.6. The Morgan fingerprint density at radius 1 is 0.926 bits per heavy atom. The number of carbonyl (C=O) groups is 1. The number of hydrogen-bond donors (Lipinski definition) is 0. The molecule has 4 rings (SSSR count). The van der Waals surface area contributed by atoms with Crippen molar-refractivity contribution in [2.45, 2.75) is 5.88 Å². The van der Waals surface area contributed by atoms with E-state index in [4.69, 9.17) is 32.0 Å². The molecule has 0 aliphatic carbocycles. The summed E-state index contributed by atoms with van der Waals surface area (Å²) in [7, 11) is 0. The second kappa shape index (κ2) is 6.68. The molecule has 2 aromatic carbocycles. The molecule has 0 fully saturated rings. The molecule has 7 heteroatoms. The monoisotopic (exact) mass is 400 g/mol. The molecule has 2 heterocycles. The first kappa shape index (κ1) is 17.5. The van der Waals surface area contributed by atoms with Gasteiger partial charge in [0.2, 0.25) is 0 Å². The van der Waals surface area contributed by atoms with Gasteiger partial charge in [-0.25, -0.2) is 9.59 Å². The van der Waals surface area contributed by atoms with Crippen LogP contribution in [0.4, 0.5) is 0 Å². The summed E-state index contributed by atoms with van der Waals surface area (Å²) in [5.41, 5.74) is -0.244. The van der Waals surface area contributed by atoms with Crippen LogP contribution in [0.3, 0.4) is 0 Å². The van der Waals surface area contributed by atoms with Crippen molar-refractivity contribution < 1.29 is 13.6 Å². The van der Waals surface area contributed by atoms with E-state index in [0.717, 1.165) is 0 Å². The average Bonchev–Trinajstić information content (AvgIpc) is 2.66. The molecule has 134 valence electrons. The van der Waals surface area contributed by atoms with E-state index in [-0.39, 0.29) is 28.2 Å². The van der Waals surface area contributed by atoms with Crippen LogP contribution in [-0.4, -0.2) is 5.78 Å². The van der Waals surface area contributed by atoms with Crippen LogP contribution < -0.4 is 11.3 Å². The number of rotatable bonds is 3. The van der Waals surface area contributed by atoms with E-state index in [1.807, 2.05) is 0 Å². The van der Waals surface area contributed by atoms with E-state index in [2.05, 4.69) is 0 Å². The Balaban J connectivity index is 2.01. The van der Waals surface area contributed by atoms with Gasteiger partial charge in [-0.1, -0.05) is 11.6 Å². The summed E-state index contributed by atoms with van der Waals surface area (Å²) >= 11 is 11.7. The smallest absolute Gasteiger partial charge is 0.347 e. The Hall–Kier alpha value is -2.89. The molecule has 0 radical (unpaired) electrons. The van der Waals surface area contributed by atoms with Crippen LogP contribution in [0.5, 0.6) is 0 Å². The van der Waals surface area contributed by atoms with Crippen LogP contribution in [-0.2, 0) is 5.88 Å². The lowest BCUT2D eigenvalue weighted by molar-refractivity contribution is 0.103. The van der Waals surface area contributed by atoms with E-state index in [9.17, 15) is 14.4 Å². The molecule has 0 saturated heterocycles. The molecule has 0 unspecified atom stereocenters. The largest absolute Gasteiger partial charge is 0.422 e. The van der Waals surface area contributed by atoms with Gasteiger partial charge in [0.05, 0.1) is 5.39 Å². The van der Waals surface area contributed by atoms with E-state index >= 15 is 0 Å². The summed E-state index contributed by atoms with van der Waals surface area (Å²) in [6, 6.07) is 12.1. The quantitative estimate of drug-likeness (QED) is 0.218. The first-order valence-electron chi connectivity index (χ1n) is 7.88. The van der Waals surface area contributed by atoms with Crippen molar-refractivity contribution >= 4 is 50.9 Å². The second-order valence-corrected chi connectivity index (χ2v) is 6.57. The van der Waals surface area contributed by atoms with Gasteiger partial charge in [0.1, 0.15) is 16.7 Å². The molecule has 2 aromatic heterocycles. The standard InChI is InChI=1S/C20H10Cl2O5/c21-9-11-7-17(23)27-19-13(11)5-6-16-14(19)8-15(20(25)26-16)18(24)10-1-3-12(22)4-2-10/h1-8H,9H2. The van der Waals surface area contributed by atoms with Gasteiger partial charge in [0, 0.05) is 27.9 Å². The molecule has 27 heavy (non-hydrogen) atoms. The number of ketones is 1. The molecule has 0 spiro atoms. The summed E-state index contributed by atoms with van der Waals surface area (Å²) in [6.07, 6.45) is 0. The molecule has 4 aromatic rings. The van der Waals surface area contributed by atoms with Crippen molar-refractivity contribution in [3.8, 4) is 0 Å². The zero-order chi connectivity index (χ0) is 19.1. The number of carbonyl (C=O) groups excluding carboxylic acids is 1. The zero-order valence-corrected chi connectivity index (χ0v) is 15.1. The Bertz CT molecular complexity index is 1320. The Labute approximate surface area is 161 Å². The molecular weight excluding hydrogens is 391 g/mol. The minimum Gasteiger partial charge on any atom is -0.422 e. The Kier molecular flexibility index (Phi) is 4.34. The fourth-order valence-corrected chi connectivity index (χ4v) is 3.25. The lowest BCUT2D eigenvalue weighted by Gasteiger charge is -2.06. The van der Waals surface area contributed by atoms with Crippen molar-refractivity contribution in [3.63, 3.8) is 0 Å². The Morgan fingerprint density at radius 2 is 1.67 bits per heavy atom. The van der Waals surface area contributed by atoms with E-state index in [1.165, 1.54) is 24.3 Å². The number of benzene rings is 2. The van der Waals surface area contributed by atoms with Crippen LogP contribution in [0.25, 0.3) is 21.9 Å². The van der Waals surface area contributed by atoms with Crippen LogP contribution in [0.2, 0.25) is 5.02 Å². The maximum atomic E-state index is 12.7. The fourth-order valence-electron chi connectivity index (χ4n) is 2.90. The normalized spacial score (nSPS) is 11.2. The van der Waals surface area contributed by atoms with Crippen LogP contribution >= 0.6 is 23.2 Å². The summed E-state index contributed by atoms with van der Waals surface area (Å²) in [5, 5.41) is 1.42. The van der Waals surface area contributed by atoms with Gasteiger partial charge in [-0.15, -0.1) is 11.6 Å². The van der Waals surface area contributed by atoms with Crippen molar-refractivity contribution in [2.75, 3.05) is 0 Å². The summed E-state index contributed by atoms with van der Waals surface area (Å²) in [4.78, 5) is 36.9. The number of fused-ring (bicyclic) bond motifs is 3. The average molecular weight is 401 g/mol. The topological polar surface area (TPSA) is 77.5 Å². The highest BCUT2D eigenvalue weighted by atomic mass is 35.5. The molecule has 5 nitrogen and oxygen atoms in total. The van der Waals surface area contributed by atoms with E-state index in [1.54, 1.807) is 24.3 Å². The molecule has 0 bridgehead atoms. The molecule has 0 amide bonds. The molecule has 0 atom stereocenters. The molecular formula is C20H10Cl2O5. The van der Waals surface area contributed by atoms with E-state index in [0.29, 0.717) is 21.4 Å². The highest BCUT2D eigenvalue weighted by molar-refractivity contribution is 6.30. The van der Waals surface area contributed by atoms with Crippen LogP contribution in [0.1, 0.15) is 21.5 Å². The summed E-state index contributed by atoms with van der Waals surface area (Å²) in [5.74, 6) is -0.406. The van der Waals surface area contributed by atoms with Gasteiger partial charge in [0.25, 0.3) is 0 Å². The van der Waals surface area contributed by atoms with Gasteiger partial charge in [-0.2, -0.15) is 0 Å². The zero-order valence-electron chi connectivity index (χ0n) is 13.6. The lowest BCUT2D eigenvalue weighted by atomic mass is 10.0. The van der Waals surface area contributed by atoms with Crippen LogP contribution in [0, 0.1) is 0 Å². The first-order valence-corrected chi connectivity index (χ1v) is 8.79. The maximum absolute atomic E-state index is 12.7. The third-order valence-corrected chi connectivity index (χ3v) is 4.74. The molecule has 0 aliphatic heterocycles. The van der Waals surface area contributed by atoms with Crippen molar-refractivity contribution in [1.29, 1.82) is 0 Å². The SMILES string of the molecule is O=C(c1ccc(Cl)cc1)c1cc2c(ccc3c(CCl)cc(=O)oc32)oc1=O. The van der Waals surface area contributed by atoms with Gasteiger partial charge in [0.15, 0.2) is 5.78 Å². The predicted molar refractivity (Wildman–Crippen MR) is 103 cm³/mol. The number of hydrogen-bond acceptors (Lipinski definition) is 5. The molecule has 0 aliphatic rings. The third-order valence-electron chi connectivity index (χ3n) is 4.20. The lowest BCUT2D eigenvalue weighted by Crippen LogP contribution is -2.15. The van der Waals surface area contributed by atoms with E-state index < -0.39 is 17.0 Å². The highest BCUT2D eigenvalue weighted by Crippen LogP contribution is 2.27. The minimum absolute atomic E-state index is 0.112. The van der Waals surface area contributed by atoms with Gasteiger partial charge >= 0.3 is 11.3 Å². The molecule has 0 N–H and O–H groups in total. The van der Waals surface area contributed by atoms with Crippen molar-refractivity contribution in [3.05, 3.63) is 91.1 Å². The van der Waals surface area contributed by atoms with Gasteiger partial charge in [-0.05, 0) is 48.0 Å². The van der Waals surface area contributed by atoms with Gasteiger partial charge in [-0.3, -0.25) is 4.79 Å². The molecule has 0 saturated carbocycles. The fraction of sp³-hybridized carbons (Fsp3) is 0.0500. The number of alkyl halides is 1. The maximum Gasteiger partial charge on any atom is 0.347 e. The predicted octanol–water partition coefficient (Wildman–Crippen LogP) is 4.52. The highest BCUT2D eigenvalue weighted by Gasteiger charge is 2.18. The number of halogens is 2. The third kappa shape index (κ3) is 3.05. The first-order chi connectivity index (χ1) is 13.0. The van der Waals surface area contributed by atoms with Crippen molar-refractivity contribution in [1.82, 2.24) is 0 Å². The summed E-state index contributed by atoms with van der Waals surface area (Å²) in [6.45, 7) is 0. The van der Waals surface area contributed by atoms with Gasteiger partial charge < -0.3 is 8.83 Å². The Morgan fingerprint density at radius 3 is 2.37 bits per heavy atom.